The van der Waals surface area contributed by atoms with Gasteiger partial charge in [-0.15, -0.1) is 0 Å². The summed E-state index contributed by atoms with van der Waals surface area (Å²) in [6.07, 6.45) is 0. The highest BCUT2D eigenvalue weighted by Crippen LogP contribution is 2.23. The van der Waals surface area contributed by atoms with Crippen molar-refractivity contribution in [1.29, 1.82) is 0 Å². The van der Waals surface area contributed by atoms with Gasteiger partial charge < -0.3 is 15.0 Å². The van der Waals surface area contributed by atoms with Crippen LogP contribution in [0, 0.1) is 5.41 Å². The average Bonchev–Trinajstić information content (AvgIpc) is 2.47. The van der Waals surface area contributed by atoms with Crippen LogP contribution in [0.25, 0.3) is 0 Å². The monoisotopic (exact) mass is 214 g/mol. The highest BCUT2D eigenvalue weighted by atomic mass is 16.5. The first-order valence-corrected chi connectivity index (χ1v) is 4.97. The molecule has 1 fully saturated rings. The Hall–Kier alpha value is -1.26. The summed E-state index contributed by atoms with van der Waals surface area (Å²) >= 11 is 0. The molecule has 0 spiro atoms. The molecule has 1 heterocycles. The number of hydrogen-bond donors (Lipinski definition) is 1. The molecule has 0 aliphatic carbocycles. The molecule has 1 aliphatic rings. The summed E-state index contributed by atoms with van der Waals surface area (Å²) in [4.78, 5) is 24.0. The fraction of sp³-hybridized carbons (Fsp3) is 0.800. The van der Waals surface area contributed by atoms with Gasteiger partial charge in [0.05, 0.1) is 13.2 Å². The van der Waals surface area contributed by atoms with E-state index in [4.69, 9.17) is 0 Å². The van der Waals surface area contributed by atoms with E-state index in [-0.39, 0.29) is 30.0 Å². The van der Waals surface area contributed by atoms with Crippen molar-refractivity contribution in [1.82, 2.24) is 10.2 Å². The molecule has 86 valence electrons. The molecule has 1 unspecified atom stereocenters. The zero-order valence-corrected chi connectivity index (χ0v) is 9.66. The number of amides is 2. The van der Waals surface area contributed by atoms with Gasteiger partial charge in [-0.1, -0.05) is 20.8 Å². The van der Waals surface area contributed by atoms with Gasteiger partial charge in [-0.05, 0) is 5.41 Å². The van der Waals surface area contributed by atoms with E-state index in [1.165, 1.54) is 12.0 Å². The highest BCUT2D eigenvalue weighted by molar-refractivity contribution is 5.82. The Morgan fingerprint density at radius 3 is 2.60 bits per heavy atom. The van der Waals surface area contributed by atoms with Gasteiger partial charge >= 0.3 is 12.0 Å². The normalized spacial score (nSPS) is 21.5. The molecule has 0 aromatic heterocycles. The SMILES string of the molecule is COC(=O)CN1CC(C(C)(C)C)NC1=O. The number of carbonyl (C=O) groups is 2. The van der Waals surface area contributed by atoms with E-state index >= 15 is 0 Å². The Morgan fingerprint density at radius 1 is 1.60 bits per heavy atom. The number of methoxy groups -OCH3 is 1. The van der Waals surface area contributed by atoms with E-state index in [1.807, 2.05) is 0 Å². The molecular weight excluding hydrogens is 196 g/mol. The van der Waals surface area contributed by atoms with Crippen LogP contribution >= 0.6 is 0 Å². The summed E-state index contributed by atoms with van der Waals surface area (Å²) in [7, 11) is 1.32. The largest absolute Gasteiger partial charge is 0.468 e. The molecule has 0 saturated carbocycles. The minimum atomic E-state index is -0.389. The summed E-state index contributed by atoms with van der Waals surface area (Å²) in [5.41, 5.74) is 0.000525. The van der Waals surface area contributed by atoms with Gasteiger partial charge in [0.15, 0.2) is 0 Å². The summed E-state index contributed by atoms with van der Waals surface area (Å²) in [6.45, 7) is 6.74. The number of rotatable bonds is 2. The zero-order chi connectivity index (χ0) is 11.6. The predicted octanol–water partition coefficient (Wildman–Crippen LogP) is 0.599. The lowest BCUT2D eigenvalue weighted by atomic mass is 9.87. The number of nitrogens with zero attached hydrogens (tertiary/aromatic N) is 1. The first-order chi connectivity index (χ1) is 6.84. The van der Waals surface area contributed by atoms with Gasteiger partial charge in [0.1, 0.15) is 6.54 Å². The lowest BCUT2D eigenvalue weighted by Crippen LogP contribution is -2.38. The van der Waals surface area contributed by atoms with Crippen molar-refractivity contribution in [2.45, 2.75) is 26.8 Å². The minimum Gasteiger partial charge on any atom is -0.468 e. The fourth-order valence-electron chi connectivity index (χ4n) is 1.44. The minimum absolute atomic E-state index is 0.000525. The van der Waals surface area contributed by atoms with Crippen LogP contribution in [-0.2, 0) is 9.53 Å². The van der Waals surface area contributed by atoms with Crippen molar-refractivity contribution >= 4 is 12.0 Å². The fourth-order valence-corrected chi connectivity index (χ4v) is 1.44. The van der Waals surface area contributed by atoms with Crippen LogP contribution in [0.15, 0.2) is 0 Å². The molecule has 15 heavy (non-hydrogen) atoms. The molecule has 1 N–H and O–H groups in total. The van der Waals surface area contributed by atoms with Crippen LogP contribution in [0.2, 0.25) is 0 Å². The first kappa shape index (κ1) is 11.8. The van der Waals surface area contributed by atoms with Gasteiger partial charge in [0.2, 0.25) is 0 Å². The van der Waals surface area contributed by atoms with Gasteiger partial charge in [-0.2, -0.15) is 0 Å². The Balaban J connectivity index is 2.57. The molecular formula is C10H18N2O3. The summed E-state index contributed by atoms with van der Waals surface area (Å²) in [6, 6.07) is -0.116. The van der Waals surface area contributed by atoms with E-state index in [0.717, 1.165) is 0 Å². The quantitative estimate of drug-likeness (QED) is 0.685. The van der Waals surface area contributed by atoms with E-state index in [0.29, 0.717) is 6.54 Å². The Morgan fingerprint density at radius 2 is 2.20 bits per heavy atom. The molecule has 2 amide bonds. The predicted molar refractivity (Wildman–Crippen MR) is 55.4 cm³/mol. The standard InChI is InChI=1S/C10H18N2O3/c1-10(2,3)7-5-12(9(14)11-7)6-8(13)15-4/h7H,5-6H2,1-4H3,(H,11,14). The third kappa shape index (κ3) is 2.84. The molecule has 0 bridgehead atoms. The molecule has 5 heteroatoms. The second kappa shape index (κ2) is 4.08. The van der Waals surface area contributed by atoms with Crippen molar-refractivity contribution in [2.24, 2.45) is 5.41 Å². The van der Waals surface area contributed by atoms with Crippen LogP contribution in [0.3, 0.4) is 0 Å². The molecule has 0 radical (unpaired) electrons. The topological polar surface area (TPSA) is 58.6 Å². The van der Waals surface area contributed by atoms with Gasteiger partial charge in [-0.25, -0.2) is 4.79 Å². The van der Waals surface area contributed by atoms with Crippen molar-refractivity contribution in [3.05, 3.63) is 0 Å². The van der Waals surface area contributed by atoms with Crippen molar-refractivity contribution < 1.29 is 14.3 Å². The van der Waals surface area contributed by atoms with E-state index in [2.05, 4.69) is 30.8 Å². The van der Waals surface area contributed by atoms with Crippen LogP contribution in [-0.4, -0.2) is 43.1 Å². The van der Waals surface area contributed by atoms with Crippen LogP contribution < -0.4 is 5.32 Å². The van der Waals surface area contributed by atoms with Gasteiger partial charge in [0.25, 0.3) is 0 Å². The number of urea groups is 1. The van der Waals surface area contributed by atoms with Crippen molar-refractivity contribution in [3.8, 4) is 0 Å². The number of hydrogen-bond acceptors (Lipinski definition) is 3. The van der Waals surface area contributed by atoms with Crippen LogP contribution in [0.5, 0.6) is 0 Å². The molecule has 0 aromatic rings. The van der Waals surface area contributed by atoms with Gasteiger partial charge in [-0.3, -0.25) is 4.79 Å². The molecule has 1 rings (SSSR count). The Bertz CT molecular complexity index is 270. The van der Waals surface area contributed by atoms with Gasteiger partial charge in [0, 0.05) is 6.54 Å². The van der Waals surface area contributed by atoms with Crippen LogP contribution in [0.4, 0.5) is 4.79 Å². The number of carbonyl (C=O) groups excluding carboxylic acids is 2. The van der Waals surface area contributed by atoms with Crippen LogP contribution in [0.1, 0.15) is 20.8 Å². The van der Waals surface area contributed by atoms with E-state index < -0.39 is 0 Å². The highest BCUT2D eigenvalue weighted by Gasteiger charge is 2.36. The maximum atomic E-state index is 11.5. The van der Waals surface area contributed by atoms with Crippen molar-refractivity contribution in [2.75, 3.05) is 20.2 Å². The Kier molecular flexibility index (Phi) is 3.21. The number of esters is 1. The van der Waals surface area contributed by atoms with E-state index in [9.17, 15) is 9.59 Å². The lowest BCUT2D eigenvalue weighted by molar-refractivity contribution is -0.141. The average molecular weight is 214 g/mol. The second-order valence-corrected chi connectivity index (χ2v) is 4.82. The number of nitrogens with one attached hydrogen (secondary N) is 1. The smallest absolute Gasteiger partial charge is 0.325 e. The summed E-state index contributed by atoms with van der Waals surface area (Å²) in [5, 5.41) is 2.85. The molecule has 5 nitrogen and oxygen atoms in total. The summed E-state index contributed by atoms with van der Waals surface area (Å²) in [5.74, 6) is -0.389. The third-order valence-electron chi connectivity index (χ3n) is 2.58. The Labute approximate surface area is 89.8 Å². The third-order valence-corrected chi connectivity index (χ3v) is 2.58. The first-order valence-electron chi connectivity index (χ1n) is 4.97. The second-order valence-electron chi connectivity index (χ2n) is 4.82. The molecule has 0 aromatic carbocycles. The summed E-state index contributed by atoms with van der Waals surface area (Å²) < 4.78 is 4.52. The molecule has 1 saturated heterocycles. The molecule has 1 aliphatic heterocycles. The van der Waals surface area contributed by atoms with Crippen molar-refractivity contribution in [3.63, 3.8) is 0 Å². The van der Waals surface area contributed by atoms with E-state index in [1.54, 1.807) is 0 Å². The maximum absolute atomic E-state index is 11.5. The maximum Gasteiger partial charge on any atom is 0.325 e. The molecule has 1 atom stereocenters. The zero-order valence-electron chi connectivity index (χ0n) is 9.66. The number of ether oxygens (including phenoxy) is 1. The lowest BCUT2D eigenvalue weighted by Gasteiger charge is -2.25.